The van der Waals surface area contributed by atoms with Crippen molar-refractivity contribution in [1.29, 1.82) is 0 Å². The van der Waals surface area contributed by atoms with E-state index < -0.39 is 23.4 Å². The lowest BCUT2D eigenvalue weighted by Crippen LogP contribution is -2.42. The lowest BCUT2D eigenvalue weighted by molar-refractivity contribution is 0.0278. The highest BCUT2D eigenvalue weighted by molar-refractivity contribution is 5.95. The summed E-state index contributed by atoms with van der Waals surface area (Å²) < 4.78 is 10.7. The van der Waals surface area contributed by atoms with Gasteiger partial charge in [-0.1, -0.05) is 13.3 Å². The molecule has 7 heteroatoms. The van der Waals surface area contributed by atoms with Gasteiger partial charge in [0, 0.05) is 12.6 Å². The van der Waals surface area contributed by atoms with Crippen LogP contribution in [-0.4, -0.2) is 53.3 Å². The Morgan fingerprint density at radius 3 is 2.28 bits per heavy atom. The first-order valence-electron chi connectivity index (χ1n) is 8.94. The van der Waals surface area contributed by atoms with Gasteiger partial charge in [-0.15, -0.1) is 0 Å². The molecule has 0 radical (unpaired) electrons. The third-order valence-corrected chi connectivity index (χ3v) is 3.37. The first kappa shape index (κ1) is 21.3. The minimum Gasteiger partial charge on any atom is -0.444 e. The third-order valence-electron chi connectivity index (χ3n) is 3.37. The number of carbonyl (C=O) groups is 2. The molecule has 1 unspecified atom stereocenters. The molecule has 1 atom stereocenters. The molecule has 0 saturated carbocycles. The normalized spacial score (nSPS) is 20.7. The summed E-state index contributed by atoms with van der Waals surface area (Å²) in [5.41, 5.74) is -1.18. The zero-order valence-electron chi connectivity index (χ0n) is 16.6. The van der Waals surface area contributed by atoms with Crippen LogP contribution in [0.4, 0.5) is 9.59 Å². The number of nitrogens with one attached hydrogen (secondary N) is 1. The fraction of sp³-hybridized carbons (Fsp3) is 0.833. The number of amides is 2. The second-order valence-electron chi connectivity index (χ2n) is 8.36. The molecule has 1 heterocycles. The Kier molecular flexibility index (Phi) is 7.26. The molecule has 1 N–H and O–H groups in total. The molecule has 0 aromatic heterocycles. The van der Waals surface area contributed by atoms with Crippen LogP contribution in [0.2, 0.25) is 0 Å². The smallest absolute Gasteiger partial charge is 0.435 e. The molecule has 25 heavy (non-hydrogen) atoms. The van der Waals surface area contributed by atoms with Gasteiger partial charge in [-0.2, -0.15) is 4.99 Å². The van der Waals surface area contributed by atoms with E-state index in [1.165, 1.54) is 0 Å². The molecule has 0 aliphatic carbocycles. The zero-order valence-corrected chi connectivity index (χ0v) is 16.6. The van der Waals surface area contributed by atoms with E-state index in [-0.39, 0.29) is 12.6 Å². The van der Waals surface area contributed by atoms with Gasteiger partial charge in [0.1, 0.15) is 17.0 Å². The quantitative estimate of drug-likeness (QED) is 0.816. The number of hydrogen-bond acceptors (Lipinski definition) is 4. The maximum Gasteiger partial charge on any atom is 0.435 e. The van der Waals surface area contributed by atoms with E-state index in [9.17, 15) is 9.59 Å². The van der Waals surface area contributed by atoms with Crippen molar-refractivity contribution in [3.63, 3.8) is 0 Å². The van der Waals surface area contributed by atoms with Gasteiger partial charge in [0.2, 0.25) is 0 Å². The molecular weight excluding hydrogens is 322 g/mol. The second-order valence-corrected chi connectivity index (χ2v) is 8.36. The minimum atomic E-state index is -0.656. The van der Waals surface area contributed by atoms with E-state index in [2.05, 4.69) is 17.2 Å². The summed E-state index contributed by atoms with van der Waals surface area (Å²) in [5, 5.41) is 3.28. The average Bonchev–Trinajstić information content (AvgIpc) is 2.57. The fourth-order valence-electron chi connectivity index (χ4n) is 2.43. The van der Waals surface area contributed by atoms with E-state index in [0.29, 0.717) is 12.4 Å². The van der Waals surface area contributed by atoms with E-state index >= 15 is 0 Å². The van der Waals surface area contributed by atoms with Gasteiger partial charge in [-0.3, -0.25) is 0 Å². The monoisotopic (exact) mass is 355 g/mol. The van der Waals surface area contributed by atoms with Crippen LogP contribution in [0.5, 0.6) is 0 Å². The third kappa shape index (κ3) is 8.74. The molecule has 0 aromatic rings. The van der Waals surface area contributed by atoms with E-state index in [4.69, 9.17) is 9.47 Å². The highest BCUT2D eigenvalue weighted by Crippen LogP contribution is 2.14. The van der Waals surface area contributed by atoms with Crippen LogP contribution >= 0.6 is 0 Å². The summed E-state index contributed by atoms with van der Waals surface area (Å²) in [6.07, 6.45) is 1.67. The average molecular weight is 355 g/mol. The van der Waals surface area contributed by atoms with E-state index in [0.717, 1.165) is 19.3 Å². The molecule has 144 valence electrons. The molecular formula is C18H33N3O4. The SMILES string of the molecule is CCCC1CCN(C(=O)OC(C)(C)C)CC(=NC(=O)OC(C)(C)C)N1. The summed E-state index contributed by atoms with van der Waals surface area (Å²) in [7, 11) is 0. The van der Waals surface area contributed by atoms with Crippen molar-refractivity contribution in [2.24, 2.45) is 4.99 Å². The van der Waals surface area contributed by atoms with Gasteiger partial charge in [-0.25, -0.2) is 9.59 Å². The Bertz CT molecular complexity index is 503. The largest absolute Gasteiger partial charge is 0.444 e. The van der Waals surface area contributed by atoms with Crippen LogP contribution in [0, 0.1) is 0 Å². The van der Waals surface area contributed by atoms with Gasteiger partial charge in [0.05, 0.1) is 6.54 Å². The Morgan fingerprint density at radius 2 is 1.76 bits per heavy atom. The van der Waals surface area contributed by atoms with Crippen molar-refractivity contribution in [1.82, 2.24) is 10.2 Å². The van der Waals surface area contributed by atoms with Gasteiger partial charge in [-0.05, 0) is 54.4 Å². The predicted molar refractivity (Wildman–Crippen MR) is 97.9 cm³/mol. The number of hydrogen-bond donors (Lipinski definition) is 1. The van der Waals surface area contributed by atoms with Crippen LogP contribution in [0.3, 0.4) is 0 Å². The van der Waals surface area contributed by atoms with Gasteiger partial charge in [0.25, 0.3) is 0 Å². The molecule has 0 bridgehead atoms. The van der Waals surface area contributed by atoms with Crippen molar-refractivity contribution < 1.29 is 19.1 Å². The Morgan fingerprint density at radius 1 is 1.16 bits per heavy atom. The first-order chi connectivity index (χ1) is 11.4. The lowest BCUT2D eigenvalue weighted by Gasteiger charge is -2.26. The van der Waals surface area contributed by atoms with Crippen LogP contribution in [0.15, 0.2) is 4.99 Å². The molecule has 1 aliphatic rings. The number of rotatable bonds is 2. The fourth-order valence-corrected chi connectivity index (χ4v) is 2.43. The second kappa shape index (κ2) is 8.54. The number of amidine groups is 1. The number of nitrogens with zero attached hydrogens (tertiary/aromatic N) is 2. The van der Waals surface area contributed by atoms with Crippen molar-refractivity contribution in [3.05, 3.63) is 0 Å². The lowest BCUT2D eigenvalue weighted by atomic mass is 10.1. The van der Waals surface area contributed by atoms with E-state index in [1.807, 2.05) is 20.8 Å². The summed E-state index contributed by atoms with van der Waals surface area (Å²) in [5.74, 6) is 0.441. The van der Waals surface area contributed by atoms with Crippen molar-refractivity contribution in [2.75, 3.05) is 13.1 Å². The first-order valence-corrected chi connectivity index (χ1v) is 8.94. The number of aliphatic imine (C=N–C) groups is 1. The van der Waals surface area contributed by atoms with Crippen LogP contribution in [0.1, 0.15) is 67.7 Å². The predicted octanol–water partition coefficient (Wildman–Crippen LogP) is 3.72. The molecule has 0 aromatic carbocycles. The van der Waals surface area contributed by atoms with Crippen molar-refractivity contribution >= 4 is 18.0 Å². The summed E-state index contributed by atoms with van der Waals surface area (Å²) >= 11 is 0. The molecule has 1 saturated heterocycles. The highest BCUT2D eigenvalue weighted by atomic mass is 16.6. The van der Waals surface area contributed by atoms with Gasteiger partial charge >= 0.3 is 12.2 Å². The Hall–Kier alpha value is -1.79. The minimum absolute atomic E-state index is 0.165. The summed E-state index contributed by atoms with van der Waals surface area (Å²) in [6.45, 7) is 13.7. The molecule has 1 rings (SSSR count). The maximum atomic E-state index is 12.4. The zero-order chi connectivity index (χ0) is 19.3. The van der Waals surface area contributed by atoms with Crippen molar-refractivity contribution in [3.8, 4) is 0 Å². The number of ether oxygens (including phenoxy) is 2. The van der Waals surface area contributed by atoms with Crippen LogP contribution < -0.4 is 5.32 Å². The molecule has 1 fully saturated rings. The van der Waals surface area contributed by atoms with Crippen LogP contribution in [0.25, 0.3) is 0 Å². The molecule has 2 amide bonds. The Labute approximate surface area is 151 Å². The molecule has 7 nitrogen and oxygen atoms in total. The molecule has 1 aliphatic heterocycles. The topological polar surface area (TPSA) is 80.2 Å². The maximum absolute atomic E-state index is 12.4. The van der Waals surface area contributed by atoms with Gasteiger partial charge < -0.3 is 19.7 Å². The van der Waals surface area contributed by atoms with E-state index in [1.54, 1.807) is 25.7 Å². The highest BCUT2D eigenvalue weighted by Gasteiger charge is 2.28. The van der Waals surface area contributed by atoms with Gasteiger partial charge in [0.15, 0.2) is 0 Å². The molecule has 0 spiro atoms. The number of carbonyl (C=O) groups excluding carboxylic acids is 2. The summed E-state index contributed by atoms with van der Waals surface area (Å²) in [6, 6.07) is 0.165. The van der Waals surface area contributed by atoms with Crippen LogP contribution in [-0.2, 0) is 9.47 Å². The standard InChI is InChI=1S/C18H33N3O4/c1-8-9-13-10-11-21(16(23)25-18(5,6)7)12-14(19-13)20-15(22)24-17(2,3)4/h13H,8-12H2,1-7H3,(H,19,20,22). The Balaban J connectivity index is 2.91. The van der Waals surface area contributed by atoms with Crippen molar-refractivity contribution in [2.45, 2.75) is 85.0 Å². The summed E-state index contributed by atoms with van der Waals surface area (Å²) in [4.78, 5) is 30.0.